The average Bonchev–Trinajstić information content (AvgIpc) is 2.43. The van der Waals surface area contributed by atoms with Crippen molar-refractivity contribution in [2.45, 2.75) is 9.79 Å². The normalized spacial score (nSPS) is 12.0. The van der Waals surface area contributed by atoms with Crippen LogP contribution in [-0.2, 0) is 0 Å². The maximum absolute atomic E-state index is 11.2. The van der Waals surface area contributed by atoms with E-state index >= 15 is 0 Å². The van der Waals surface area contributed by atoms with Gasteiger partial charge in [-0.2, -0.15) is 0 Å². The number of benzene rings is 2. The number of primary amides is 2. The topological polar surface area (TPSA) is 95.4 Å². The fourth-order valence-corrected chi connectivity index (χ4v) is 2.92. The summed E-state index contributed by atoms with van der Waals surface area (Å²) in [5.41, 5.74) is 11.3. The molecule has 100 valence electrons. The number of ether oxygens (including phenoxy) is 1. The first kappa shape index (κ1) is 12.6. The standard InChI is InChI=1S/C14H10N2O3S/c15-13(17)7-1-3-9-11(5-7)20-12-6-8(14(16)18)2-4-10(12)19-9/h1-6H,(H2,15,17)(H2,16,18). The van der Waals surface area contributed by atoms with Gasteiger partial charge in [-0.15, -0.1) is 0 Å². The smallest absolute Gasteiger partial charge is 0.248 e. The van der Waals surface area contributed by atoms with E-state index in [0.717, 1.165) is 9.79 Å². The molecule has 0 unspecified atom stereocenters. The van der Waals surface area contributed by atoms with Crippen LogP contribution in [0.5, 0.6) is 11.5 Å². The lowest BCUT2D eigenvalue weighted by molar-refractivity contribution is 0.0991. The number of rotatable bonds is 2. The lowest BCUT2D eigenvalue weighted by Gasteiger charge is -2.20. The molecule has 0 atom stereocenters. The van der Waals surface area contributed by atoms with Crippen LogP contribution in [0.4, 0.5) is 0 Å². The number of amides is 2. The molecule has 6 heteroatoms. The summed E-state index contributed by atoms with van der Waals surface area (Å²) >= 11 is 1.41. The highest BCUT2D eigenvalue weighted by molar-refractivity contribution is 7.99. The summed E-state index contributed by atoms with van der Waals surface area (Å²) in [5, 5.41) is 0. The van der Waals surface area contributed by atoms with Crippen LogP contribution < -0.4 is 16.2 Å². The van der Waals surface area contributed by atoms with E-state index in [1.165, 1.54) is 11.8 Å². The Kier molecular flexibility index (Phi) is 2.87. The Labute approximate surface area is 118 Å². The van der Waals surface area contributed by atoms with Crippen molar-refractivity contribution in [3.05, 3.63) is 47.5 Å². The van der Waals surface area contributed by atoms with Crippen molar-refractivity contribution in [1.82, 2.24) is 0 Å². The zero-order valence-corrected chi connectivity index (χ0v) is 11.1. The van der Waals surface area contributed by atoms with Crippen molar-refractivity contribution in [2.75, 3.05) is 0 Å². The van der Waals surface area contributed by atoms with E-state index in [9.17, 15) is 9.59 Å². The third-order valence-electron chi connectivity index (χ3n) is 2.90. The molecule has 2 aromatic rings. The number of hydrogen-bond acceptors (Lipinski definition) is 4. The fraction of sp³-hybridized carbons (Fsp3) is 0. The van der Waals surface area contributed by atoms with Crippen molar-refractivity contribution in [3.8, 4) is 11.5 Å². The van der Waals surface area contributed by atoms with E-state index in [0.29, 0.717) is 22.6 Å². The number of fused-ring (bicyclic) bond motifs is 2. The Morgan fingerprint density at radius 1 is 0.850 bits per heavy atom. The van der Waals surface area contributed by atoms with Crippen LogP contribution in [0.3, 0.4) is 0 Å². The van der Waals surface area contributed by atoms with Gasteiger partial charge in [0.15, 0.2) is 0 Å². The number of hydrogen-bond donors (Lipinski definition) is 2. The van der Waals surface area contributed by atoms with E-state index in [-0.39, 0.29) is 0 Å². The highest BCUT2D eigenvalue weighted by Gasteiger charge is 2.20. The van der Waals surface area contributed by atoms with E-state index in [2.05, 4.69) is 0 Å². The monoisotopic (exact) mass is 286 g/mol. The van der Waals surface area contributed by atoms with Gasteiger partial charge in [0.25, 0.3) is 0 Å². The summed E-state index contributed by atoms with van der Waals surface area (Å²) in [4.78, 5) is 23.9. The predicted octanol–water partition coefficient (Wildman–Crippen LogP) is 2.14. The Balaban J connectivity index is 2.03. The predicted molar refractivity (Wildman–Crippen MR) is 74.1 cm³/mol. The molecule has 0 bridgehead atoms. The average molecular weight is 286 g/mol. The van der Waals surface area contributed by atoms with E-state index in [4.69, 9.17) is 16.2 Å². The molecule has 1 heterocycles. The minimum absolute atomic E-state index is 0.411. The summed E-state index contributed by atoms with van der Waals surface area (Å²) in [7, 11) is 0. The lowest BCUT2D eigenvalue weighted by atomic mass is 10.2. The zero-order chi connectivity index (χ0) is 14.3. The van der Waals surface area contributed by atoms with Crippen molar-refractivity contribution in [1.29, 1.82) is 0 Å². The van der Waals surface area contributed by atoms with Crippen molar-refractivity contribution in [2.24, 2.45) is 11.5 Å². The number of carbonyl (C=O) groups is 2. The molecule has 1 aliphatic heterocycles. The van der Waals surface area contributed by atoms with Crippen LogP contribution in [0.1, 0.15) is 20.7 Å². The molecule has 0 spiro atoms. The minimum atomic E-state index is -0.495. The molecule has 0 radical (unpaired) electrons. The van der Waals surface area contributed by atoms with Crippen LogP contribution in [0.15, 0.2) is 46.2 Å². The van der Waals surface area contributed by atoms with E-state index in [1.54, 1.807) is 36.4 Å². The molecule has 2 aromatic carbocycles. The van der Waals surface area contributed by atoms with Gasteiger partial charge >= 0.3 is 0 Å². The van der Waals surface area contributed by atoms with Gasteiger partial charge in [0.05, 0.1) is 9.79 Å². The Bertz CT molecular complexity index is 682. The van der Waals surface area contributed by atoms with Gasteiger partial charge in [0.1, 0.15) is 11.5 Å². The second kappa shape index (κ2) is 4.57. The van der Waals surface area contributed by atoms with Gasteiger partial charge in [-0.05, 0) is 36.4 Å². The van der Waals surface area contributed by atoms with Crippen LogP contribution in [0, 0.1) is 0 Å². The third-order valence-corrected chi connectivity index (χ3v) is 3.97. The summed E-state index contributed by atoms with van der Waals surface area (Å²) in [6, 6.07) is 9.97. The molecule has 0 saturated carbocycles. The van der Waals surface area contributed by atoms with Gasteiger partial charge in [0, 0.05) is 11.1 Å². The molecular weight excluding hydrogens is 276 g/mol. The second-order valence-electron chi connectivity index (χ2n) is 4.26. The van der Waals surface area contributed by atoms with Gasteiger partial charge < -0.3 is 16.2 Å². The highest BCUT2D eigenvalue weighted by atomic mass is 32.2. The SMILES string of the molecule is NC(=O)c1ccc2c(c1)Sc1cc(C(N)=O)ccc1O2. The highest BCUT2D eigenvalue weighted by Crippen LogP contribution is 2.47. The molecule has 1 aliphatic rings. The fourth-order valence-electron chi connectivity index (χ4n) is 1.89. The van der Waals surface area contributed by atoms with Gasteiger partial charge in [0.2, 0.25) is 11.8 Å². The van der Waals surface area contributed by atoms with E-state index in [1.807, 2.05) is 0 Å². The number of nitrogens with two attached hydrogens (primary N) is 2. The quantitative estimate of drug-likeness (QED) is 0.754. The molecule has 4 N–H and O–H groups in total. The summed E-state index contributed by atoms with van der Waals surface area (Å²) in [6.07, 6.45) is 0. The van der Waals surface area contributed by atoms with Gasteiger partial charge in [-0.25, -0.2) is 0 Å². The first-order valence-electron chi connectivity index (χ1n) is 5.78. The molecule has 0 aliphatic carbocycles. The van der Waals surface area contributed by atoms with Crippen molar-refractivity contribution in [3.63, 3.8) is 0 Å². The van der Waals surface area contributed by atoms with Crippen LogP contribution in [-0.4, -0.2) is 11.8 Å². The minimum Gasteiger partial charge on any atom is -0.455 e. The summed E-state index contributed by atoms with van der Waals surface area (Å²) in [6.45, 7) is 0. The van der Waals surface area contributed by atoms with Crippen LogP contribution in [0.25, 0.3) is 0 Å². The number of carbonyl (C=O) groups excluding carboxylic acids is 2. The molecule has 3 rings (SSSR count). The first-order chi connectivity index (χ1) is 9.54. The summed E-state index contributed by atoms with van der Waals surface area (Å²) < 4.78 is 5.72. The molecule has 0 saturated heterocycles. The maximum atomic E-state index is 11.2. The Morgan fingerprint density at radius 2 is 1.30 bits per heavy atom. The molecule has 0 aromatic heterocycles. The third kappa shape index (κ3) is 2.10. The van der Waals surface area contributed by atoms with Gasteiger partial charge in [-0.1, -0.05) is 11.8 Å². The molecular formula is C14H10N2O3S. The molecule has 5 nitrogen and oxygen atoms in total. The zero-order valence-electron chi connectivity index (χ0n) is 10.3. The molecule has 2 amide bonds. The van der Waals surface area contributed by atoms with Crippen molar-refractivity contribution < 1.29 is 14.3 Å². The van der Waals surface area contributed by atoms with E-state index < -0.39 is 11.8 Å². The largest absolute Gasteiger partial charge is 0.455 e. The van der Waals surface area contributed by atoms with Crippen molar-refractivity contribution >= 4 is 23.6 Å². The Morgan fingerprint density at radius 3 is 1.70 bits per heavy atom. The van der Waals surface area contributed by atoms with Crippen LogP contribution in [0.2, 0.25) is 0 Å². The Hall–Kier alpha value is -2.47. The first-order valence-corrected chi connectivity index (χ1v) is 6.59. The van der Waals surface area contributed by atoms with Crippen LogP contribution >= 0.6 is 11.8 Å². The second-order valence-corrected chi connectivity index (χ2v) is 5.34. The molecule has 0 fully saturated rings. The maximum Gasteiger partial charge on any atom is 0.248 e. The lowest BCUT2D eigenvalue weighted by Crippen LogP contribution is -2.12. The molecule has 20 heavy (non-hydrogen) atoms. The van der Waals surface area contributed by atoms with Gasteiger partial charge in [-0.3, -0.25) is 9.59 Å². The summed E-state index contributed by atoms with van der Waals surface area (Å²) in [5.74, 6) is 0.314.